The maximum atomic E-state index is 13.0. The third-order valence-corrected chi connectivity index (χ3v) is 4.88. The Kier molecular flexibility index (Phi) is 4.42. The van der Waals surface area contributed by atoms with E-state index >= 15 is 0 Å². The van der Waals surface area contributed by atoms with Crippen LogP contribution in [-0.4, -0.2) is 10.9 Å². The van der Waals surface area contributed by atoms with Crippen molar-refractivity contribution < 1.29 is 18.0 Å². The molecule has 2 aromatic carbocycles. The number of nitrogens with one attached hydrogen (secondary N) is 1. The zero-order valence-corrected chi connectivity index (χ0v) is 13.9. The molecule has 1 heterocycles. The predicted molar refractivity (Wildman–Crippen MR) is 89.0 cm³/mol. The zero-order valence-electron chi connectivity index (χ0n) is 11.6. The Balaban J connectivity index is 1.93. The Morgan fingerprint density at radius 3 is 2.54 bits per heavy atom. The molecule has 124 valence electrons. The first kappa shape index (κ1) is 17.0. The Morgan fingerprint density at radius 2 is 1.88 bits per heavy atom. The first-order chi connectivity index (χ1) is 11.3. The molecule has 3 aromatic rings. The minimum absolute atomic E-state index is 0.0329. The molecule has 24 heavy (non-hydrogen) atoms. The Morgan fingerprint density at radius 1 is 1.12 bits per heavy atom. The number of halogens is 5. The molecule has 0 fully saturated rings. The van der Waals surface area contributed by atoms with Crippen LogP contribution in [0.1, 0.15) is 15.9 Å². The van der Waals surface area contributed by atoms with E-state index in [1.807, 2.05) is 0 Å². The summed E-state index contributed by atoms with van der Waals surface area (Å²) in [4.78, 5) is 16.2. The van der Waals surface area contributed by atoms with Crippen molar-refractivity contribution in [3.63, 3.8) is 0 Å². The van der Waals surface area contributed by atoms with Crippen molar-refractivity contribution in [2.75, 3.05) is 5.32 Å². The molecular formula is C15H7Cl2F3N2OS. The summed E-state index contributed by atoms with van der Waals surface area (Å²) in [5, 5.41) is 3.04. The van der Waals surface area contributed by atoms with E-state index in [-0.39, 0.29) is 25.9 Å². The van der Waals surface area contributed by atoms with Crippen molar-refractivity contribution in [3.8, 4) is 0 Å². The van der Waals surface area contributed by atoms with Crippen molar-refractivity contribution >= 4 is 55.8 Å². The topological polar surface area (TPSA) is 42.0 Å². The molecule has 9 heteroatoms. The highest BCUT2D eigenvalue weighted by Gasteiger charge is 2.33. The lowest BCUT2D eigenvalue weighted by Crippen LogP contribution is -2.11. The van der Waals surface area contributed by atoms with E-state index in [2.05, 4.69) is 10.3 Å². The second-order valence-corrected chi connectivity index (χ2v) is 6.57. The number of nitrogens with zero attached hydrogens (tertiary/aromatic N) is 1. The summed E-state index contributed by atoms with van der Waals surface area (Å²) in [6.45, 7) is 0. The second-order valence-electron chi connectivity index (χ2n) is 4.75. The molecule has 0 unspecified atom stereocenters. The van der Waals surface area contributed by atoms with Gasteiger partial charge in [0.05, 0.1) is 25.8 Å². The van der Waals surface area contributed by atoms with Gasteiger partial charge >= 0.3 is 6.18 Å². The molecule has 3 rings (SSSR count). The van der Waals surface area contributed by atoms with Crippen LogP contribution in [0.3, 0.4) is 0 Å². The first-order valence-corrected chi connectivity index (χ1v) is 8.06. The predicted octanol–water partition coefficient (Wildman–Crippen LogP) is 5.87. The van der Waals surface area contributed by atoms with Crippen molar-refractivity contribution in [1.82, 2.24) is 4.98 Å². The Labute approximate surface area is 148 Å². The number of aromatic nitrogens is 1. The summed E-state index contributed by atoms with van der Waals surface area (Å²) in [6.07, 6.45) is -4.49. The highest BCUT2D eigenvalue weighted by molar-refractivity contribution is 7.22. The number of anilines is 1. The van der Waals surface area contributed by atoms with Crippen LogP contribution in [-0.2, 0) is 6.18 Å². The lowest BCUT2D eigenvalue weighted by Gasteiger charge is -2.06. The number of fused-ring (bicyclic) bond motifs is 1. The standard InChI is InChI=1S/C15H7Cl2F3N2OS/c16-9-5-4-7(6-10(9)17)13(23)22-14-21-11-3-1-2-8(12(11)24-14)15(18,19)20/h1-6H,(H,21,22,23). The van der Waals surface area contributed by atoms with Crippen LogP contribution < -0.4 is 5.32 Å². The summed E-state index contributed by atoms with van der Waals surface area (Å²) in [5.74, 6) is -0.541. The van der Waals surface area contributed by atoms with Crippen LogP contribution in [0.2, 0.25) is 10.0 Å². The number of alkyl halides is 3. The van der Waals surface area contributed by atoms with Gasteiger partial charge in [-0.15, -0.1) is 0 Å². The van der Waals surface area contributed by atoms with Gasteiger partial charge in [-0.1, -0.05) is 40.6 Å². The largest absolute Gasteiger partial charge is 0.417 e. The third-order valence-electron chi connectivity index (χ3n) is 3.12. The van der Waals surface area contributed by atoms with Crippen LogP contribution in [0.5, 0.6) is 0 Å². The molecule has 0 aliphatic heterocycles. The molecule has 0 bridgehead atoms. The molecule has 0 aliphatic rings. The van der Waals surface area contributed by atoms with Crippen molar-refractivity contribution in [2.45, 2.75) is 6.18 Å². The molecule has 0 saturated carbocycles. The van der Waals surface area contributed by atoms with Crippen molar-refractivity contribution in [2.24, 2.45) is 0 Å². The van der Waals surface area contributed by atoms with E-state index in [1.165, 1.54) is 30.3 Å². The molecule has 0 radical (unpaired) electrons. The maximum Gasteiger partial charge on any atom is 0.417 e. The number of hydrogen-bond donors (Lipinski definition) is 1. The highest BCUT2D eigenvalue weighted by atomic mass is 35.5. The van der Waals surface area contributed by atoms with Gasteiger partial charge in [0.1, 0.15) is 0 Å². The van der Waals surface area contributed by atoms with Gasteiger partial charge < -0.3 is 0 Å². The normalized spacial score (nSPS) is 11.7. The summed E-state index contributed by atoms with van der Waals surface area (Å²) >= 11 is 12.4. The fraction of sp³-hybridized carbons (Fsp3) is 0.0667. The molecule has 0 spiro atoms. The average molecular weight is 391 g/mol. The summed E-state index contributed by atoms with van der Waals surface area (Å²) in [5.41, 5.74) is -0.397. The van der Waals surface area contributed by atoms with E-state index < -0.39 is 17.6 Å². The van der Waals surface area contributed by atoms with Crippen LogP contribution in [0.15, 0.2) is 36.4 Å². The number of carbonyl (C=O) groups excluding carboxylic acids is 1. The van der Waals surface area contributed by atoms with Crippen molar-refractivity contribution in [1.29, 1.82) is 0 Å². The van der Waals surface area contributed by atoms with Crippen molar-refractivity contribution in [3.05, 3.63) is 57.6 Å². The summed E-state index contributed by atoms with van der Waals surface area (Å²) in [6, 6.07) is 7.99. The number of thiazole rings is 1. The van der Waals surface area contributed by atoms with Crippen LogP contribution in [0, 0.1) is 0 Å². The van der Waals surface area contributed by atoms with Gasteiger partial charge in [-0.25, -0.2) is 4.98 Å². The van der Waals surface area contributed by atoms with Gasteiger partial charge in [0.15, 0.2) is 5.13 Å². The van der Waals surface area contributed by atoms with Gasteiger partial charge in [0.2, 0.25) is 0 Å². The highest BCUT2D eigenvalue weighted by Crippen LogP contribution is 2.38. The van der Waals surface area contributed by atoms with Gasteiger partial charge in [-0.3, -0.25) is 10.1 Å². The maximum absolute atomic E-state index is 13.0. The molecule has 1 amide bonds. The van der Waals surface area contributed by atoms with E-state index in [4.69, 9.17) is 23.2 Å². The SMILES string of the molecule is O=C(Nc1nc2cccc(C(F)(F)F)c2s1)c1ccc(Cl)c(Cl)c1. The summed E-state index contributed by atoms with van der Waals surface area (Å²) < 4.78 is 39.0. The lowest BCUT2D eigenvalue weighted by molar-refractivity contribution is -0.136. The quantitative estimate of drug-likeness (QED) is 0.593. The number of amides is 1. The number of rotatable bonds is 2. The fourth-order valence-corrected chi connectivity index (χ4v) is 3.32. The zero-order chi connectivity index (χ0) is 17.5. The average Bonchev–Trinajstić information content (AvgIpc) is 2.90. The molecule has 1 N–H and O–H groups in total. The van der Waals surface area contributed by atoms with E-state index in [0.29, 0.717) is 5.02 Å². The van der Waals surface area contributed by atoms with Crippen LogP contribution >= 0.6 is 34.5 Å². The van der Waals surface area contributed by atoms with Gasteiger partial charge in [-0.2, -0.15) is 13.2 Å². The minimum atomic E-state index is -4.49. The molecule has 1 aromatic heterocycles. The summed E-state index contributed by atoms with van der Waals surface area (Å²) in [7, 11) is 0. The van der Waals surface area contributed by atoms with Crippen LogP contribution in [0.25, 0.3) is 10.2 Å². The molecule has 0 saturated heterocycles. The number of benzene rings is 2. The minimum Gasteiger partial charge on any atom is -0.298 e. The monoisotopic (exact) mass is 390 g/mol. The van der Waals surface area contributed by atoms with E-state index in [0.717, 1.165) is 17.4 Å². The molecule has 0 atom stereocenters. The number of hydrogen-bond acceptors (Lipinski definition) is 3. The molecular weight excluding hydrogens is 384 g/mol. The van der Waals surface area contributed by atoms with Gasteiger partial charge in [0, 0.05) is 5.56 Å². The lowest BCUT2D eigenvalue weighted by atomic mass is 10.2. The Hall–Kier alpha value is -1.83. The van der Waals surface area contributed by atoms with Gasteiger partial charge in [-0.05, 0) is 30.3 Å². The van der Waals surface area contributed by atoms with E-state index in [1.54, 1.807) is 0 Å². The molecule has 0 aliphatic carbocycles. The fourth-order valence-electron chi connectivity index (χ4n) is 2.03. The third kappa shape index (κ3) is 3.33. The number of carbonyl (C=O) groups is 1. The first-order valence-electron chi connectivity index (χ1n) is 6.49. The second kappa shape index (κ2) is 6.23. The Bertz CT molecular complexity index is 940. The van der Waals surface area contributed by atoms with E-state index in [9.17, 15) is 18.0 Å². The van der Waals surface area contributed by atoms with Crippen LogP contribution in [0.4, 0.5) is 18.3 Å². The smallest absolute Gasteiger partial charge is 0.298 e. The van der Waals surface area contributed by atoms with Gasteiger partial charge in [0.25, 0.3) is 5.91 Å². The molecule has 3 nitrogen and oxygen atoms in total.